The van der Waals surface area contributed by atoms with Crippen molar-refractivity contribution in [3.05, 3.63) is 66.1 Å². The van der Waals surface area contributed by atoms with Crippen LogP contribution in [0.4, 0.5) is 11.4 Å². The van der Waals surface area contributed by atoms with Gasteiger partial charge in [-0.15, -0.1) is 0 Å². The number of rotatable bonds is 10. The van der Waals surface area contributed by atoms with Crippen molar-refractivity contribution in [2.24, 2.45) is 0 Å². The fraction of sp³-hybridized carbons (Fsp3) is 0.217. The summed E-state index contributed by atoms with van der Waals surface area (Å²) in [6.07, 6.45) is 1.37. The summed E-state index contributed by atoms with van der Waals surface area (Å²) >= 11 is 0. The van der Waals surface area contributed by atoms with Gasteiger partial charge in [0.25, 0.3) is 15.9 Å². The number of benzene rings is 2. The first kappa shape index (κ1) is 24.6. The minimum absolute atomic E-state index is 0.0734. The Morgan fingerprint density at radius 1 is 0.941 bits per heavy atom. The van der Waals surface area contributed by atoms with Crippen LogP contribution in [-0.4, -0.2) is 40.6 Å². The zero-order valence-electron chi connectivity index (χ0n) is 18.8. The topological polar surface area (TPSA) is 133 Å². The Morgan fingerprint density at radius 2 is 1.56 bits per heavy atom. The second-order valence-corrected chi connectivity index (χ2v) is 8.45. The second-order valence-electron chi connectivity index (χ2n) is 6.76. The summed E-state index contributed by atoms with van der Waals surface area (Å²) < 4.78 is 49.4. The van der Waals surface area contributed by atoms with Gasteiger partial charge >= 0.3 is 5.97 Å². The third kappa shape index (κ3) is 5.67. The van der Waals surface area contributed by atoms with Crippen LogP contribution in [0.25, 0.3) is 0 Å². The monoisotopic (exact) mass is 488 g/mol. The molecule has 1 aromatic heterocycles. The maximum atomic E-state index is 13.0. The highest BCUT2D eigenvalue weighted by Gasteiger charge is 2.21. The van der Waals surface area contributed by atoms with Crippen LogP contribution in [0.15, 0.2) is 64.1 Å². The van der Waals surface area contributed by atoms with Gasteiger partial charge in [-0.1, -0.05) is 0 Å². The lowest BCUT2D eigenvalue weighted by atomic mass is 10.2. The molecule has 0 fully saturated rings. The minimum Gasteiger partial charge on any atom is -0.492 e. The van der Waals surface area contributed by atoms with Crippen molar-refractivity contribution in [1.82, 2.24) is 0 Å². The van der Waals surface area contributed by atoms with Crippen LogP contribution in [0.2, 0.25) is 0 Å². The number of esters is 1. The van der Waals surface area contributed by atoms with E-state index in [1.807, 2.05) is 0 Å². The molecular formula is C23H24N2O8S. The zero-order valence-corrected chi connectivity index (χ0v) is 19.6. The summed E-state index contributed by atoms with van der Waals surface area (Å²) in [4.78, 5) is 24.0. The van der Waals surface area contributed by atoms with E-state index in [0.717, 1.165) is 0 Å². The summed E-state index contributed by atoms with van der Waals surface area (Å²) in [6, 6.07) is 11.3. The summed E-state index contributed by atoms with van der Waals surface area (Å²) in [5.74, 6) is -0.586. The SMILES string of the molecule is CCOc1cc(NS(=O)(=O)c2ccc(C(=O)OC)cc2)c(OCC)cc1NC(=O)c1ccco1. The average molecular weight is 489 g/mol. The highest BCUT2D eigenvalue weighted by Crippen LogP contribution is 2.38. The molecule has 11 heteroatoms. The van der Waals surface area contributed by atoms with Gasteiger partial charge in [-0.05, 0) is 50.2 Å². The van der Waals surface area contributed by atoms with Gasteiger partial charge in [-0.3, -0.25) is 9.52 Å². The largest absolute Gasteiger partial charge is 0.492 e. The molecule has 3 aromatic rings. The molecule has 0 bridgehead atoms. The summed E-state index contributed by atoms with van der Waals surface area (Å²) in [5.41, 5.74) is 0.599. The van der Waals surface area contributed by atoms with Gasteiger partial charge in [-0.25, -0.2) is 13.2 Å². The van der Waals surface area contributed by atoms with Crippen molar-refractivity contribution in [3.8, 4) is 11.5 Å². The van der Waals surface area contributed by atoms with E-state index in [-0.39, 0.29) is 52.3 Å². The van der Waals surface area contributed by atoms with E-state index in [1.165, 1.54) is 55.8 Å². The Bertz CT molecular complexity index is 1250. The van der Waals surface area contributed by atoms with Crippen molar-refractivity contribution >= 4 is 33.3 Å². The van der Waals surface area contributed by atoms with E-state index >= 15 is 0 Å². The molecule has 2 aromatic carbocycles. The maximum absolute atomic E-state index is 13.0. The van der Waals surface area contributed by atoms with Crippen LogP contribution in [0, 0.1) is 0 Å². The van der Waals surface area contributed by atoms with Crippen LogP contribution in [0.1, 0.15) is 34.8 Å². The van der Waals surface area contributed by atoms with Gasteiger partial charge in [0, 0.05) is 12.1 Å². The molecule has 1 amide bonds. The van der Waals surface area contributed by atoms with E-state index in [9.17, 15) is 18.0 Å². The Morgan fingerprint density at radius 3 is 2.12 bits per heavy atom. The molecule has 0 unspecified atom stereocenters. The Kier molecular flexibility index (Phi) is 7.79. The highest BCUT2D eigenvalue weighted by molar-refractivity contribution is 7.92. The third-order valence-electron chi connectivity index (χ3n) is 4.50. The molecule has 34 heavy (non-hydrogen) atoms. The number of sulfonamides is 1. The van der Waals surface area contributed by atoms with Crippen molar-refractivity contribution < 1.29 is 36.6 Å². The average Bonchev–Trinajstić information content (AvgIpc) is 3.36. The maximum Gasteiger partial charge on any atom is 0.337 e. The van der Waals surface area contributed by atoms with E-state index < -0.39 is 21.9 Å². The lowest BCUT2D eigenvalue weighted by molar-refractivity contribution is 0.0600. The molecule has 0 aliphatic rings. The fourth-order valence-corrected chi connectivity index (χ4v) is 4.03. The Balaban J connectivity index is 1.95. The molecule has 10 nitrogen and oxygen atoms in total. The number of carbonyl (C=O) groups excluding carboxylic acids is 2. The standard InChI is InChI=1S/C23H24N2O8S/c1-4-31-20-14-18(25-34(28,29)16-10-8-15(9-11-16)23(27)30-3)21(32-5-2)13-17(20)24-22(26)19-7-6-12-33-19/h6-14,25H,4-5H2,1-3H3,(H,24,26). The molecule has 0 spiro atoms. The van der Waals surface area contributed by atoms with Gasteiger partial charge in [0.15, 0.2) is 5.76 Å². The molecule has 0 radical (unpaired) electrons. The smallest absolute Gasteiger partial charge is 0.337 e. The normalized spacial score (nSPS) is 10.9. The van der Waals surface area contributed by atoms with E-state index in [2.05, 4.69) is 14.8 Å². The van der Waals surface area contributed by atoms with Crippen LogP contribution < -0.4 is 19.5 Å². The number of furan rings is 1. The second kappa shape index (κ2) is 10.8. The number of amides is 1. The Labute approximate surface area is 196 Å². The summed E-state index contributed by atoms with van der Waals surface area (Å²) in [7, 11) is -2.81. The van der Waals surface area contributed by atoms with E-state index in [4.69, 9.17) is 13.9 Å². The molecule has 0 aliphatic carbocycles. The van der Waals surface area contributed by atoms with Gasteiger partial charge in [-0.2, -0.15) is 0 Å². The number of hydrogen-bond donors (Lipinski definition) is 2. The van der Waals surface area contributed by atoms with Crippen LogP contribution in [-0.2, 0) is 14.8 Å². The molecule has 0 saturated heterocycles. The van der Waals surface area contributed by atoms with Crippen molar-refractivity contribution in [2.75, 3.05) is 30.4 Å². The fourth-order valence-electron chi connectivity index (χ4n) is 2.97. The quantitative estimate of drug-likeness (QED) is 0.410. The number of ether oxygens (including phenoxy) is 3. The predicted octanol–water partition coefficient (Wildman–Crippen LogP) is 3.92. The minimum atomic E-state index is -4.05. The molecule has 0 saturated carbocycles. The molecule has 0 aliphatic heterocycles. The lowest BCUT2D eigenvalue weighted by Gasteiger charge is -2.18. The first-order valence-corrected chi connectivity index (χ1v) is 11.8. The number of methoxy groups -OCH3 is 1. The van der Waals surface area contributed by atoms with Crippen LogP contribution in [0.3, 0.4) is 0 Å². The summed E-state index contributed by atoms with van der Waals surface area (Å²) in [5, 5.41) is 2.68. The van der Waals surface area contributed by atoms with Crippen molar-refractivity contribution in [3.63, 3.8) is 0 Å². The lowest BCUT2D eigenvalue weighted by Crippen LogP contribution is -2.16. The Hall–Kier alpha value is -3.99. The van der Waals surface area contributed by atoms with Crippen molar-refractivity contribution in [1.29, 1.82) is 0 Å². The number of anilines is 2. The van der Waals surface area contributed by atoms with Crippen molar-refractivity contribution in [2.45, 2.75) is 18.7 Å². The number of hydrogen-bond acceptors (Lipinski definition) is 8. The van der Waals surface area contributed by atoms with Crippen LogP contribution >= 0.6 is 0 Å². The molecule has 2 N–H and O–H groups in total. The number of nitrogens with one attached hydrogen (secondary N) is 2. The van der Waals surface area contributed by atoms with Gasteiger partial charge in [0.05, 0.1) is 48.4 Å². The van der Waals surface area contributed by atoms with E-state index in [0.29, 0.717) is 0 Å². The van der Waals surface area contributed by atoms with E-state index in [1.54, 1.807) is 19.9 Å². The molecule has 1 heterocycles. The third-order valence-corrected chi connectivity index (χ3v) is 5.89. The highest BCUT2D eigenvalue weighted by atomic mass is 32.2. The first-order valence-electron chi connectivity index (χ1n) is 10.3. The van der Waals surface area contributed by atoms with Gasteiger partial charge in [0.2, 0.25) is 0 Å². The van der Waals surface area contributed by atoms with Crippen LogP contribution in [0.5, 0.6) is 11.5 Å². The molecule has 3 rings (SSSR count). The molecule has 0 atom stereocenters. The van der Waals surface area contributed by atoms with Gasteiger partial charge < -0.3 is 23.9 Å². The molecule has 180 valence electrons. The molecular weight excluding hydrogens is 464 g/mol. The summed E-state index contributed by atoms with van der Waals surface area (Å²) in [6.45, 7) is 3.99. The number of carbonyl (C=O) groups is 2. The van der Waals surface area contributed by atoms with Gasteiger partial charge in [0.1, 0.15) is 11.5 Å². The first-order chi connectivity index (χ1) is 16.3. The predicted molar refractivity (Wildman–Crippen MR) is 124 cm³/mol. The zero-order chi connectivity index (χ0) is 24.7.